The largest absolute Gasteiger partial charge is 0.383 e. The first-order valence-electron chi connectivity index (χ1n) is 5.79. The molecule has 0 aliphatic rings. The number of aromatic nitrogens is 2. The van der Waals surface area contributed by atoms with Crippen molar-refractivity contribution >= 4 is 31.5 Å². The monoisotopic (exact) mass is 251 g/mol. The molecule has 0 fully saturated rings. The van der Waals surface area contributed by atoms with Crippen molar-refractivity contribution in [2.24, 2.45) is 4.90 Å². The number of nitrogen functional groups attached to an aromatic ring is 1. The van der Waals surface area contributed by atoms with Crippen LogP contribution in [0.2, 0.25) is 0 Å². The van der Waals surface area contributed by atoms with E-state index in [2.05, 4.69) is 26.3 Å². The van der Waals surface area contributed by atoms with Gasteiger partial charge >= 0.3 is 0 Å². The molecule has 0 saturated carbocycles. The summed E-state index contributed by atoms with van der Waals surface area (Å²) in [6, 6.07) is 6.14. The van der Waals surface area contributed by atoms with Crippen LogP contribution in [0.5, 0.6) is 0 Å². The Hall–Kier alpha value is -2.37. The lowest BCUT2D eigenvalue weighted by Crippen LogP contribution is -2.05. The van der Waals surface area contributed by atoms with Gasteiger partial charge in [0.15, 0.2) is 0 Å². The van der Waals surface area contributed by atoms with E-state index in [0.717, 1.165) is 5.69 Å². The Morgan fingerprint density at radius 1 is 1.21 bits per heavy atom. The third kappa shape index (κ3) is 3.10. The fraction of sp³-hybridized carbons (Fsp3) is 0.154. The van der Waals surface area contributed by atoms with Gasteiger partial charge < -0.3 is 16.0 Å². The Bertz CT molecular complexity index is 604. The van der Waals surface area contributed by atoms with E-state index in [1.807, 2.05) is 26.0 Å². The van der Waals surface area contributed by atoms with Crippen LogP contribution >= 0.6 is 0 Å². The number of hydrogen-bond acceptors (Lipinski definition) is 5. The number of hydrogen-bond donors (Lipinski definition) is 2. The van der Waals surface area contributed by atoms with Gasteiger partial charge in [-0.2, -0.15) is 0 Å². The van der Waals surface area contributed by atoms with Crippen LogP contribution in [0, 0.1) is 13.8 Å². The summed E-state index contributed by atoms with van der Waals surface area (Å²) < 4.78 is 0. The molecule has 0 aliphatic carbocycles. The van der Waals surface area contributed by atoms with Crippen LogP contribution in [0.3, 0.4) is 0 Å². The van der Waals surface area contributed by atoms with Crippen LogP contribution in [-0.2, 0) is 0 Å². The van der Waals surface area contributed by atoms with E-state index < -0.39 is 0 Å². The SMILES string of the molecule is [B]N=Cc1c(N)ncnc1Nc1cc(C)cc(C)c1. The van der Waals surface area contributed by atoms with Gasteiger partial charge in [0.25, 0.3) is 7.98 Å². The maximum Gasteiger partial charge on any atom is 0.259 e. The quantitative estimate of drug-likeness (QED) is 0.645. The van der Waals surface area contributed by atoms with Gasteiger partial charge in [-0.1, -0.05) is 6.07 Å². The molecule has 0 saturated heterocycles. The predicted molar refractivity (Wildman–Crippen MR) is 79.0 cm³/mol. The normalized spacial score (nSPS) is 10.8. The Morgan fingerprint density at radius 2 is 1.89 bits per heavy atom. The second-order valence-corrected chi connectivity index (χ2v) is 4.30. The zero-order valence-electron chi connectivity index (χ0n) is 10.9. The van der Waals surface area contributed by atoms with Crippen molar-refractivity contribution in [1.29, 1.82) is 0 Å². The summed E-state index contributed by atoms with van der Waals surface area (Å²) in [5.74, 6) is 0.905. The van der Waals surface area contributed by atoms with Crippen molar-refractivity contribution in [3.05, 3.63) is 41.2 Å². The number of aryl methyl sites for hydroxylation is 2. The fourth-order valence-corrected chi connectivity index (χ4v) is 1.89. The van der Waals surface area contributed by atoms with Gasteiger partial charge in [0.2, 0.25) is 0 Å². The average molecular weight is 251 g/mol. The van der Waals surface area contributed by atoms with Crippen molar-refractivity contribution in [3.63, 3.8) is 0 Å². The van der Waals surface area contributed by atoms with Gasteiger partial charge in [0.05, 0.1) is 5.56 Å². The second kappa shape index (κ2) is 5.52. The van der Waals surface area contributed by atoms with Crippen molar-refractivity contribution in [3.8, 4) is 0 Å². The maximum atomic E-state index is 5.78. The third-order valence-corrected chi connectivity index (χ3v) is 2.60. The number of benzene rings is 1. The molecular formula is C13H14BN5. The van der Waals surface area contributed by atoms with E-state index >= 15 is 0 Å². The van der Waals surface area contributed by atoms with E-state index in [1.54, 1.807) is 0 Å². The zero-order valence-corrected chi connectivity index (χ0v) is 10.9. The molecule has 1 aromatic carbocycles. The van der Waals surface area contributed by atoms with Crippen LogP contribution in [0.15, 0.2) is 29.4 Å². The van der Waals surface area contributed by atoms with E-state index in [9.17, 15) is 0 Å². The highest BCUT2D eigenvalue weighted by molar-refractivity contribution is 6.12. The Balaban J connectivity index is 2.40. The standard InChI is InChI=1S/C13H14BN5/c1-8-3-9(2)5-10(4-8)19-13-11(6-18-14)12(15)16-7-17-13/h3-7H,1-2H3,(H3,15,16,17,19). The number of anilines is 3. The summed E-state index contributed by atoms with van der Waals surface area (Å²) in [5, 5.41) is 3.20. The van der Waals surface area contributed by atoms with Crippen molar-refractivity contribution in [1.82, 2.24) is 9.97 Å². The Morgan fingerprint density at radius 3 is 2.53 bits per heavy atom. The highest BCUT2D eigenvalue weighted by atomic mass is 15.0. The lowest BCUT2D eigenvalue weighted by Gasteiger charge is -2.11. The molecule has 0 unspecified atom stereocenters. The molecule has 1 aromatic heterocycles. The summed E-state index contributed by atoms with van der Waals surface area (Å²) in [6.45, 7) is 4.07. The molecule has 0 bridgehead atoms. The maximum absolute atomic E-state index is 5.78. The van der Waals surface area contributed by atoms with Crippen LogP contribution < -0.4 is 11.1 Å². The third-order valence-electron chi connectivity index (χ3n) is 2.60. The smallest absolute Gasteiger partial charge is 0.259 e. The second-order valence-electron chi connectivity index (χ2n) is 4.30. The molecular weight excluding hydrogens is 237 g/mol. The molecule has 2 radical (unpaired) electrons. The molecule has 2 aromatic rings. The number of rotatable bonds is 3. The molecule has 2 rings (SSSR count). The van der Waals surface area contributed by atoms with Gasteiger partial charge in [-0.15, -0.1) is 0 Å². The minimum atomic E-state index is 0.330. The van der Waals surface area contributed by atoms with E-state index in [1.165, 1.54) is 23.7 Å². The molecule has 0 atom stereocenters. The molecule has 94 valence electrons. The summed E-state index contributed by atoms with van der Waals surface area (Å²) in [6.07, 6.45) is 2.83. The molecule has 5 nitrogen and oxygen atoms in total. The Labute approximate surface area is 113 Å². The van der Waals surface area contributed by atoms with E-state index in [0.29, 0.717) is 17.2 Å². The topological polar surface area (TPSA) is 76.2 Å². The minimum Gasteiger partial charge on any atom is -0.383 e. The predicted octanol–water partition coefficient (Wildman–Crippen LogP) is 1.92. The van der Waals surface area contributed by atoms with Crippen molar-refractivity contribution in [2.75, 3.05) is 11.1 Å². The molecule has 6 heteroatoms. The number of nitrogens with one attached hydrogen (secondary N) is 1. The first-order valence-corrected chi connectivity index (χ1v) is 5.79. The number of nitrogens with zero attached hydrogens (tertiary/aromatic N) is 3. The summed E-state index contributed by atoms with van der Waals surface area (Å²) in [7, 11) is 5.17. The van der Waals surface area contributed by atoms with E-state index in [-0.39, 0.29) is 0 Å². The van der Waals surface area contributed by atoms with Gasteiger partial charge in [0, 0.05) is 11.9 Å². The molecule has 0 amide bonds. The van der Waals surface area contributed by atoms with Crippen LogP contribution in [0.25, 0.3) is 0 Å². The van der Waals surface area contributed by atoms with Crippen molar-refractivity contribution in [2.45, 2.75) is 13.8 Å². The molecule has 0 aliphatic heterocycles. The summed E-state index contributed by atoms with van der Waals surface area (Å²) in [5.41, 5.74) is 9.62. The van der Waals surface area contributed by atoms with Gasteiger partial charge in [-0.25, -0.2) is 9.97 Å². The number of nitrogens with two attached hydrogens (primary N) is 1. The minimum absolute atomic E-state index is 0.330. The summed E-state index contributed by atoms with van der Waals surface area (Å²) in [4.78, 5) is 11.6. The molecule has 19 heavy (non-hydrogen) atoms. The van der Waals surface area contributed by atoms with Crippen LogP contribution in [0.4, 0.5) is 17.3 Å². The zero-order chi connectivity index (χ0) is 13.8. The van der Waals surface area contributed by atoms with Gasteiger partial charge in [0.1, 0.15) is 18.0 Å². The van der Waals surface area contributed by atoms with Gasteiger partial charge in [-0.3, -0.25) is 0 Å². The van der Waals surface area contributed by atoms with Crippen molar-refractivity contribution < 1.29 is 0 Å². The Kier molecular flexibility index (Phi) is 3.80. The highest BCUT2D eigenvalue weighted by Gasteiger charge is 2.07. The lowest BCUT2D eigenvalue weighted by atomic mass is 10.1. The first-order chi connectivity index (χ1) is 9.10. The van der Waals surface area contributed by atoms with Gasteiger partial charge in [-0.05, 0) is 37.1 Å². The van der Waals surface area contributed by atoms with E-state index in [4.69, 9.17) is 13.7 Å². The molecule has 3 N–H and O–H groups in total. The first kappa shape index (κ1) is 13.1. The van der Waals surface area contributed by atoms with Crippen LogP contribution in [-0.4, -0.2) is 24.2 Å². The highest BCUT2D eigenvalue weighted by Crippen LogP contribution is 2.22. The fourth-order valence-electron chi connectivity index (χ4n) is 1.89. The lowest BCUT2D eigenvalue weighted by molar-refractivity contribution is 1.17. The molecule has 0 spiro atoms. The average Bonchev–Trinajstić information content (AvgIpc) is 2.32. The summed E-state index contributed by atoms with van der Waals surface area (Å²) >= 11 is 0. The molecule has 1 heterocycles. The van der Waals surface area contributed by atoms with Crippen LogP contribution in [0.1, 0.15) is 16.7 Å².